The summed E-state index contributed by atoms with van der Waals surface area (Å²) < 4.78 is 18.6. The van der Waals surface area contributed by atoms with Crippen molar-refractivity contribution in [1.29, 1.82) is 0 Å². The van der Waals surface area contributed by atoms with Crippen molar-refractivity contribution in [3.8, 4) is 0 Å². The van der Waals surface area contributed by atoms with Crippen molar-refractivity contribution in [3.05, 3.63) is 71.1 Å². The molecule has 30 heavy (non-hydrogen) atoms. The van der Waals surface area contributed by atoms with Crippen molar-refractivity contribution in [2.45, 2.75) is 57.6 Å². The molecular weight excluding hydrogens is 394 g/mol. The van der Waals surface area contributed by atoms with Crippen LogP contribution in [0.4, 0.5) is 0 Å². The summed E-state index contributed by atoms with van der Waals surface area (Å²) in [6.07, 6.45) is -0.339. The third-order valence-electron chi connectivity index (χ3n) is 5.55. The van der Waals surface area contributed by atoms with Crippen LogP contribution in [0, 0.1) is 0 Å². The molecule has 0 N–H and O–H groups in total. The highest BCUT2D eigenvalue weighted by Crippen LogP contribution is 2.37. The van der Waals surface area contributed by atoms with Gasteiger partial charge in [0.2, 0.25) is 0 Å². The predicted molar refractivity (Wildman–Crippen MR) is 121 cm³/mol. The lowest BCUT2D eigenvalue weighted by Crippen LogP contribution is -2.67. The van der Waals surface area contributed by atoms with Gasteiger partial charge in [0.05, 0.1) is 18.8 Å². The molecule has 0 aromatic heterocycles. The molecule has 6 nitrogen and oxygen atoms in total. The van der Waals surface area contributed by atoms with Crippen LogP contribution in [-0.2, 0) is 13.9 Å². The minimum atomic E-state index is -2.71. The van der Waals surface area contributed by atoms with Gasteiger partial charge in [-0.3, -0.25) is 0 Å². The van der Waals surface area contributed by atoms with Gasteiger partial charge >= 0.3 is 0 Å². The third kappa shape index (κ3) is 4.61. The van der Waals surface area contributed by atoms with Gasteiger partial charge in [-0.15, -0.1) is 0 Å². The second-order valence-corrected chi connectivity index (χ2v) is 13.4. The molecule has 1 saturated heterocycles. The fraction of sp³-hybridized carbons (Fsp3) is 0.478. The number of azide groups is 1. The molecule has 0 radical (unpaired) electrons. The molecule has 1 fully saturated rings. The summed E-state index contributed by atoms with van der Waals surface area (Å²) >= 11 is 0. The minimum Gasteiger partial charge on any atom is -0.407 e. The SMILES string of the molecule is CC1(C)OC[C@H]([C@@H](CO[Si](c2ccccc2)(c2ccccc2)C(C)(C)C)N=[N+]=[N-])O1. The highest BCUT2D eigenvalue weighted by atomic mass is 28.4. The number of hydrogen-bond donors (Lipinski definition) is 0. The number of rotatable bonds is 7. The van der Waals surface area contributed by atoms with E-state index in [-0.39, 0.29) is 17.7 Å². The van der Waals surface area contributed by atoms with E-state index in [1.165, 1.54) is 10.4 Å². The van der Waals surface area contributed by atoms with E-state index in [1.54, 1.807) is 0 Å². The summed E-state index contributed by atoms with van der Waals surface area (Å²) in [6.45, 7) is 11.0. The van der Waals surface area contributed by atoms with Gasteiger partial charge in [0.15, 0.2) is 5.79 Å². The topological polar surface area (TPSA) is 76.5 Å². The summed E-state index contributed by atoms with van der Waals surface area (Å²) in [5.41, 5.74) is 9.17. The molecule has 0 bridgehead atoms. The molecule has 2 aromatic rings. The Morgan fingerprint density at radius 2 is 1.63 bits per heavy atom. The van der Waals surface area contributed by atoms with Crippen LogP contribution >= 0.6 is 0 Å². The Bertz CT molecular complexity index is 838. The average Bonchev–Trinajstić information content (AvgIpc) is 3.08. The Morgan fingerprint density at radius 1 is 1.10 bits per heavy atom. The van der Waals surface area contributed by atoms with Crippen molar-refractivity contribution in [2.75, 3.05) is 13.2 Å². The van der Waals surface area contributed by atoms with E-state index >= 15 is 0 Å². The van der Waals surface area contributed by atoms with Crippen LogP contribution < -0.4 is 10.4 Å². The Labute approximate surface area is 179 Å². The summed E-state index contributed by atoms with van der Waals surface area (Å²) in [7, 11) is -2.71. The first-order valence-electron chi connectivity index (χ1n) is 10.3. The lowest BCUT2D eigenvalue weighted by atomic mass is 10.2. The monoisotopic (exact) mass is 425 g/mol. The Morgan fingerprint density at radius 3 is 2.03 bits per heavy atom. The summed E-state index contributed by atoms with van der Waals surface area (Å²) in [5, 5.41) is 6.24. The van der Waals surface area contributed by atoms with Crippen LogP contribution in [0.1, 0.15) is 34.6 Å². The molecular formula is C23H31N3O3Si. The number of nitrogens with zero attached hydrogens (tertiary/aromatic N) is 3. The van der Waals surface area contributed by atoms with E-state index < -0.39 is 20.1 Å². The molecule has 2 atom stereocenters. The van der Waals surface area contributed by atoms with Crippen molar-refractivity contribution < 1.29 is 13.9 Å². The van der Waals surface area contributed by atoms with Crippen LogP contribution in [0.15, 0.2) is 65.8 Å². The molecule has 7 heteroatoms. The van der Waals surface area contributed by atoms with Gasteiger partial charge in [0.25, 0.3) is 8.32 Å². The zero-order valence-corrected chi connectivity index (χ0v) is 19.4. The fourth-order valence-corrected chi connectivity index (χ4v) is 8.73. The van der Waals surface area contributed by atoms with E-state index in [4.69, 9.17) is 19.4 Å². The maximum absolute atomic E-state index is 9.17. The van der Waals surface area contributed by atoms with Crippen molar-refractivity contribution >= 4 is 18.7 Å². The molecule has 3 rings (SSSR count). The normalized spacial score (nSPS) is 19.8. The second kappa shape index (κ2) is 8.92. The third-order valence-corrected chi connectivity index (χ3v) is 10.6. The van der Waals surface area contributed by atoms with Crippen LogP contribution in [0.2, 0.25) is 5.04 Å². The highest BCUT2D eigenvalue weighted by molar-refractivity contribution is 6.99. The van der Waals surface area contributed by atoms with Gasteiger partial charge in [-0.05, 0) is 34.8 Å². The van der Waals surface area contributed by atoms with E-state index in [0.29, 0.717) is 6.61 Å². The largest absolute Gasteiger partial charge is 0.407 e. The summed E-state index contributed by atoms with van der Waals surface area (Å²) in [5.74, 6) is -0.689. The average molecular weight is 426 g/mol. The standard InChI is InChI=1S/C23H31N3O3Si/c1-22(2,3)30(18-12-8-6-9-13-18,19-14-10-7-11-15-19)28-16-20(25-26-24)21-17-27-23(4,5)29-21/h6-15,20-21H,16-17H2,1-5H3/t20-,21-/m1/s1. The van der Waals surface area contributed by atoms with Crippen molar-refractivity contribution in [2.24, 2.45) is 5.11 Å². The van der Waals surface area contributed by atoms with Gasteiger partial charge in [0, 0.05) is 11.5 Å². The zero-order chi connectivity index (χ0) is 21.8. The molecule has 160 valence electrons. The van der Waals surface area contributed by atoms with Crippen LogP contribution in [0.3, 0.4) is 0 Å². The number of ether oxygens (including phenoxy) is 2. The van der Waals surface area contributed by atoms with Gasteiger partial charge in [0.1, 0.15) is 0 Å². The van der Waals surface area contributed by atoms with E-state index in [9.17, 15) is 0 Å². The smallest absolute Gasteiger partial charge is 0.261 e. The fourth-order valence-electron chi connectivity index (χ4n) is 4.16. The van der Waals surface area contributed by atoms with Crippen molar-refractivity contribution in [3.63, 3.8) is 0 Å². The van der Waals surface area contributed by atoms with Gasteiger partial charge in [-0.25, -0.2) is 0 Å². The van der Waals surface area contributed by atoms with Crippen molar-refractivity contribution in [1.82, 2.24) is 0 Å². The maximum atomic E-state index is 9.17. The van der Waals surface area contributed by atoms with Gasteiger partial charge in [-0.2, -0.15) is 0 Å². The van der Waals surface area contributed by atoms with Crippen LogP contribution in [0.5, 0.6) is 0 Å². The number of hydrogen-bond acceptors (Lipinski definition) is 4. The first kappa shape index (κ1) is 22.5. The summed E-state index contributed by atoms with van der Waals surface area (Å²) in [6, 6.07) is 20.3. The molecule has 0 spiro atoms. The van der Waals surface area contributed by atoms with Gasteiger partial charge in [-0.1, -0.05) is 86.5 Å². The minimum absolute atomic E-state index is 0.150. The first-order chi connectivity index (χ1) is 14.2. The molecule has 0 amide bonds. The molecule has 1 heterocycles. The molecule has 0 saturated carbocycles. The molecule has 0 aliphatic carbocycles. The van der Waals surface area contributed by atoms with E-state index in [0.717, 1.165) is 0 Å². The molecule has 1 aliphatic rings. The zero-order valence-electron chi connectivity index (χ0n) is 18.4. The second-order valence-electron chi connectivity index (χ2n) is 9.11. The Balaban J connectivity index is 2.01. The predicted octanol–water partition coefficient (Wildman–Crippen LogP) is 4.39. The quantitative estimate of drug-likeness (QED) is 0.286. The Kier molecular flexibility index (Phi) is 6.70. The maximum Gasteiger partial charge on any atom is 0.261 e. The number of benzene rings is 2. The summed E-state index contributed by atoms with van der Waals surface area (Å²) in [4.78, 5) is 3.06. The molecule has 2 aromatic carbocycles. The van der Waals surface area contributed by atoms with Crippen LogP contribution in [-0.4, -0.2) is 39.5 Å². The first-order valence-corrected chi connectivity index (χ1v) is 12.2. The lowest BCUT2D eigenvalue weighted by Gasteiger charge is -2.43. The van der Waals surface area contributed by atoms with E-state index in [2.05, 4.69) is 79.3 Å². The van der Waals surface area contributed by atoms with Gasteiger partial charge < -0.3 is 13.9 Å². The van der Waals surface area contributed by atoms with E-state index in [1.807, 2.05) is 26.0 Å². The molecule has 1 aliphatic heterocycles. The molecule has 0 unspecified atom stereocenters. The lowest BCUT2D eigenvalue weighted by molar-refractivity contribution is -0.141. The van der Waals surface area contributed by atoms with Crippen LogP contribution in [0.25, 0.3) is 10.4 Å². The Hall–Kier alpha value is -2.15. The highest BCUT2D eigenvalue weighted by Gasteiger charge is 2.51.